The number of nitrogens with zero attached hydrogens (tertiary/aromatic N) is 1. The quantitative estimate of drug-likeness (QED) is 0.631. The zero-order valence-electron chi connectivity index (χ0n) is 15.3. The van der Waals surface area contributed by atoms with Crippen LogP contribution in [0, 0.1) is 0 Å². The maximum atomic E-state index is 12.0. The van der Waals surface area contributed by atoms with Crippen LogP contribution in [0.25, 0.3) is 0 Å². The highest BCUT2D eigenvalue weighted by molar-refractivity contribution is 9.10. The Bertz CT molecular complexity index is 889. The highest BCUT2D eigenvalue weighted by Gasteiger charge is 2.22. The van der Waals surface area contributed by atoms with Crippen LogP contribution in [0.1, 0.15) is 27.6 Å². The normalized spacial score (nSPS) is 15.5. The van der Waals surface area contributed by atoms with Crippen molar-refractivity contribution >= 4 is 43.7 Å². The highest BCUT2D eigenvalue weighted by atomic mass is 79.9. The Labute approximate surface area is 180 Å². The van der Waals surface area contributed by atoms with E-state index in [1.165, 1.54) is 0 Å². The lowest BCUT2D eigenvalue weighted by Gasteiger charge is -2.16. The number of fused-ring (bicyclic) bond motifs is 2. The molecule has 0 saturated carbocycles. The lowest BCUT2D eigenvalue weighted by molar-refractivity contribution is 0.0764. The van der Waals surface area contributed by atoms with Crippen LogP contribution >= 0.6 is 31.9 Å². The van der Waals surface area contributed by atoms with Gasteiger partial charge in [-0.1, -0.05) is 31.9 Å². The second kappa shape index (κ2) is 9.43. The summed E-state index contributed by atoms with van der Waals surface area (Å²) in [4.78, 5) is 25.2. The van der Waals surface area contributed by atoms with Crippen molar-refractivity contribution < 1.29 is 19.1 Å². The number of ether oxygens (including phenoxy) is 2. The molecule has 1 N–H and O–H groups in total. The van der Waals surface area contributed by atoms with Gasteiger partial charge in [-0.3, -0.25) is 9.59 Å². The van der Waals surface area contributed by atoms with Crippen molar-refractivity contribution in [2.75, 3.05) is 32.8 Å². The van der Waals surface area contributed by atoms with Crippen molar-refractivity contribution in [1.82, 2.24) is 10.2 Å². The molecule has 4 rings (SSSR count). The Morgan fingerprint density at radius 1 is 0.964 bits per heavy atom. The molecule has 0 atom stereocenters. The predicted molar refractivity (Wildman–Crippen MR) is 113 cm³/mol. The second-order valence-corrected chi connectivity index (χ2v) is 7.95. The summed E-state index contributed by atoms with van der Waals surface area (Å²) in [5.41, 5.74) is 1.25. The molecule has 2 heterocycles. The molecule has 0 radical (unpaired) electrons. The number of amides is 2. The van der Waals surface area contributed by atoms with Crippen molar-refractivity contribution in [1.29, 1.82) is 0 Å². The van der Waals surface area contributed by atoms with Crippen LogP contribution in [0.2, 0.25) is 0 Å². The summed E-state index contributed by atoms with van der Waals surface area (Å²) in [6.45, 7) is 4.99. The third kappa shape index (κ3) is 4.86. The van der Waals surface area contributed by atoms with Gasteiger partial charge in [0.2, 0.25) is 0 Å². The maximum absolute atomic E-state index is 12.0. The molecule has 0 spiro atoms. The number of likely N-dealkylation sites (N-methyl/N-ethyl adjacent to an activating group) is 1. The molecule has 0 aliphatic carbocycles. The van der Waals surface area contributed by atoms with Gasteiger partial charge in [-0.25, -0.2) is 0 Å². The van der Waals surface area contributed by atoms with E-state index in [-0.39, 0.29) is 11.8 Å². The van der Waals surface area contributed by atoms with Crippen LogP contribution in [0.4, 0.5) is 0 Å². The lowest BCUT2D eigenvalue weighted by Crippen LogP contribution is -2.31. The third-order valence-corrected chi connectivity index (χ3v) is 5.28. The Kier molecular flexibility index (Phi) is 6.96. The molecule has 148 valence electrons. The first kappa shape index (κ1) is 20.7. The van der Waals surface area contributed by atoms with Crippen molar-refractivity contribution in [2.24, 2.45) is 0 Å². The standard InChI is InChI=1S/C11H12BrNO2.C9H8BrNO2/c1-2-13-5-6-15-10-7-8(12)3-4-9(10)11(13)14;10-6-1-2-7-8(5-6)13-4-3-11-9(7)12/h3-4,7H,2,5-6H2,1H3;1-2,5H,3-4H2,(H,11,12). The van der Waals surface area contributed by atoms with Gasteiger partial charge in [-0.15, -0.1) is 0 Å². The topological polar surface area (TPSA) is 67.9 Å². The van der Waals surface area contributed by atoms with E-state index < -0.39 is 0 Å². The predicted octanol–water partition coefficient (Wildman–Crippen LogP) is 3.87. The van der Waals surface area contributed by atoms with Gasteiger partial charge >= 0.3 is 0 Å². The number of carbonyl (C=O) groups is 2. The smallest absolute Gasteiger partial charge is 0.257 e. The summed E-state index contributed by atoms with van der Waals surface area (Å²) in [6, 6.07) is 10.9. The molecule has 2 aromatic carbocycles. The van der Waals surface area contributed by atoms with Gasteiger partial charge in [0.25, 0.3) is 11.8 Å². The van der Waals surface area contributed by atoms with Crippen LogP contribution < -0.4 is 14.8 Å². The second-order valence-electron chi connectivity index (χ2n) is 6.12. The average Bonchev–Trinajstić information content (AvgIpc) is 2.95. The maximum Gasteiger partial charge on any atom is 0.257 e. The van der Waals surface area contributed by atoms with Gasteiger partial charge in [0, 0.05) is 15.5 Å². The molecule has 0 unspecified atom stereocenters. The number of benzene rings is 2. The first-order valence-electron chi connectivity index (χ1n) is 8.91. The molecule has 0 aromatic heterocycles. The molecular formula is C20H20Br2N2O4. The van der Waals surface area contributed by atoms with Crippen LogP contribution in [-0.2, 0) is 0 Å². The van der Waals surface area contributed by atoms with Crippen molar-refractivity contribution in [3.05, 3.63) is 56.5 Å². The minimum absolute atomic E-state index is 0.0532. The van der Waals surface area contributed by atoms with E-state index in [0.717, 1.165) is 15.5 Å². The summed E-state index contributed by atoms with van der Waals surface area (Å²) in [5.74, 6) is 1.30. The number of halogens is 2. The zero-order valence-corrected chi connectivity index (χ0v) is 18.5. The van der Waals surface area contributed by atoms with Gasteiger partial charge in [0.05, 0.1) is 24.2 Å². The molecule has 2 aromatic rings. The van der Waals surface area contributed by atoms with Crippen LogP contribution in [0.15, 0.2) is 45.3 Å². The number of nitrogens with one attached hydrogen (secondary N) is 1. The largest absolute Gasteiger partial charge is 0.491 e. The SMILES string of the molecule is CCN1CCOc2cc(Br)ccc2C1=O.O=C1NCCOc2cc(Br)ccc21. The molecule has 28 heavy (non-hydrogen) atoms. The minimum Gasteiger partial charge on any atom is -0.491 e. The monoisotopic (exact) mass is 510 g/mol. The minimum atomic E-state index is -0.0694. The fourth-order valence-electron chi connectivity index (χ4n) is 2.86. The van der Waals surface area contributed by atoms with Crippen molar-refractivity contribution in [2.45, 2.75) is 6.92 Å². The van der Waals surface area contributed by atoms with Crippen molar-refractivity contribution in [3.8, 4) is 11.5 Å². The number of rotatable bonds is 1. The Hall–Kier alpha value is -2.06. The number of hydrogen-bond donors (Lipinski definition) is 1. The fraction of sp³-hybridized carbons (Fsp3) is 0.300. The Morgan fingerprint density at radius 2 is 1.57 bits per heavy atom. The van der Waals surface area contributed by atoms with Gasteiger partial charge in [0.1, 0.15) is 24.7 Å². The first-order valence-corrected chi connectivity index (χ1v) is 10.5. The van der Waals surface area contributed by atoms with E-state index in [1.807, 2.05) is 25.1 Å². The third-order valence-electron chi connectivity index (χ3n) is 4.30. The summed E-state index contributed by atoms with van der Waals surface area (Å²) >= 11 is 6.69. The van der Waals surface area contributed by atoms with E-state index in [4.69, 9.17) is 9.47 Å². The van der Waals surface area contributed by atoms with E-state index in [9.17, 15) is 9.59 Å². The fourth-order valence-corrected chi connectivity index (χ4v) is 3.54. The van der Waals surface area contributed by atoms with Crippen LogP contribution in [-0.4, -0.2) is 49.6 Å². The molecule has 2 aliphatic heterocycles. The molecule has 6 nitrogen and oxygen atoms in total. The molecule has 2 aliphatic rings. The number of carbonyl (C=O) groups excluding carboxylic acids is 2. The van der Waals surface area contributed by atoms with Gasteiger partial charge < -0.3 is 19.7 Å². The van der Waals surface area contributed by atoms with E-state index in [2.05, 4.69) is 37.2 Å². The molecular weight excluding hydrogens is 492 g/mol. The lowest BCUT2D eigenvalue weighted by atomic mass is 10.2. The van der Waals surface area contributed by atoms with Crippen LogP contribution in [0.5, 0.6) is 11.5 Å². The first-order chi connectivity index (χ1) is 13.5. The molecule has 0 fully saturated rings. The van der Waals surface area contributed by atoms with Crippen LogP contribution in [0.3, 0.4) is 0 Å². The molecule has 8 heteroatoms. The molecule has 2 amide bonds. The zero-order chi connectivity index (χ0) is 20.1. The highest BCUT2D eigenvalue weighted by Crippen LogP contribution is 2.27. The van der Waals surface area contributed by atoms with E-state index >= 15 is 0 Å². The summed E-state index contributed by atoms with van der Waals surface area (Å²) in [6.07, 6.45) is 0. The molecule has 0 saturated heterocycles. The van der Waals surface area contributed by atoms with E-state index in [1.54, 1.807) is 23.1 Å². The average molecular weight is 512 g/mol. The van der Waals surface area contributed by atoms with Gasteiger partial charge in [0.15, 0.2) is 0 Å². The van der Waals surface area contributed by atoms with Gasteiger partial charge in [-0.2, -0.15) is 0 Å². The Morgan fingerprint density at radius 3 is 2.25 bits per heavy atom. The Balaban J connectivity index is 0.000000162. The molecule has 0 bridgehead atoms. The summed E-state index contributed by atoms with van der Waals surface area (Å²) < 4.78 is 12.8. The summed E-state index contributed by atoms with van der Waals surface area (Å²) in [7, 11) is 0. The summed E-state index contributed by atoms with van der Waals surface area (Å²) in [5, 5.41) is 2.74. The number of hydrogen-bond acceptors (Lipinski definition) is 4. The van der Waals surface area contributed by atoms with Crippen molar-refractivity contribution in [3.63, 3.8) is 0 Å². The van der Waals surface area contributed by atoms with Gasteiger partial charge in [-0.05, 0) is 43.3 Å². The van der Waals surface area contributed by atoms with E-state index in [0.29, 0.717) is 48.9 Å².